The van der Waals surface area contributed by atoms with Gasteiger partial charge in [-0.05, 0) is 60.9 Å². The number of nitrogens with one attached hydrogen (secondary N) is 2. The van der Waals surface area contributed by atoms with Crippen LogP contribution in [0.5, 0.6) is 5.75 Å². The average Bonchev–Trinajstić information content (AvgIpc) is 3.53. The van der Waals surface area contributed by atoms with Crippen molar-refractivity contribution in [3.8, 4) is 17.2 Å². The summed E-state index contributed by atoms with van der Waals surface area (Å²) < 4.78 is 11.8. The van der Waals surface area contributed by atoms with Gasteiger partial charge in [0.15, 0.2) is 0 Å². The summed E-state index contributed by atoms with van der Waals surface area (Å²) in [6, 6.07) is 18.7. The second-order valence-corrected chi connectivity index (χ2v) is 8.08. The van der Waals surface area contributed by atoms with Crippen molar-refractivity contribution in [3.05, 3.63) is 95.1 Å². The Hall–Kier alpha value is -4.04. The highest BCUT2D eigenvalue weighted by molar-refractivity contribution is 5.92. The van der Waals surface area contributed by atoms with E-state index in [1.165, 1.54) is 0 Å². The van der Waals surface area contributed by atoms with Crippen LogP contribution in [0.25, 0.3) is 11.5 Å². The van der Waals surface area contributed by atoms with Crippen molar-refractivity contribution < 1.29 is 23.8 Å². The number of rotatable bonds is 11. The lowest BCUT2D eigenvalue weighted by molar-refractivity contribution is -0.136. The largest absolute Gasteiger partial charge is 0.493 e. The summed E-state index contributed by atoms with van der Waals surface area (Å²) >= 11 is 0. The number of carboxylic acids is 1. The third kappa shape index (κ3) is 6.99. The standard InChI is InChI=1S/C27H27N3O5.ClH/c1-18-23(30-27(35-18)20-6-3-2-4-7-20)13-15-34-22-11-9-19(10-12-25(31)32)21(16-22)17-29-26(33)24-8-5-14-28-24;/h2-9,11,14,16,28H,10,12-13,15,17H2,1H3,(H,29,33)(H,31,32);1H. The van der Waals surface area contributed by atoms with Crippen LogP contribution in [0.1, 0.15) is 39.5 Å². The summed E-state index contributed by atoms with van der Waals surface area (Å²) in [6.07, 6.45) is 2.62. The van der Waals surface area contributed by atoms with Gasteiger partial charge in [-0.1, -0.05) is 24.3 Å². The molecule has 9 heteroatoms. The highest BCUT2D eigenvalue weighted by atomic mass is 35.5. The molecule has 0 radical (unpaired) electrons. The number of amides is 1. The van der Waals surface area contributed by atoms with Gasteiger partial charge in [0, 0.05) is 31.1 Å². The third-order valence-corrected chi connectivity index (χ3v) is 5.59. The van der Waals surface area contributed by atoms with E-state index in [1.807, 2.05) is 55.5 Å². The SMILES string of the molecule is Cc1oc(-c2ccccc2)nc1CCOc1ccc(CCC(=O)O)c(CNC(=O)c2ccc[nH]2)c1.Cl. The minimum Gasteiger partial charge on any atom is -0.493 e. The van der Waals surface area contributed by atoms with Crippen molar-refractivity contribution in [1.82, 2.24) is 15.3 Å². The van der Waals surface area contributed by atoms with Gasteiger partial charge >= 0.3 is 5.97 Å². The molecule has 4 aromatic rings. The summed E-state index contributed by atoms with van der Waals surface area (Å²) in [4.78, 5) is 30.9. The van der Waals surface area contributed by atoms with Gasteiger partial charge in [0.25, 0.3) is 5.91 Å². The molecule has 1 amide bonds. The Kier molecular flexibility index (Phi) is 9.30. The Morgan fingerprint density at radius 3 is 2.58 bits per heavy atom. The summed E-state index contributed by atoms with van der Waals surface area (Å²) in [7, 11) is 0. The average molecular weight is 510 g/mol. The zero-order valence-electron chi connectivity index (χ0n) is 19.8. The maximum atomic E-state index is 12.3. The first-order chi connectivity index (χ1) is 17.0. The molecule has 36 heavy (non-hydrogen) atoms. The van der Waals surface area contributed by atoms with E-state index in [9.17, 15) is 9.59 Å². The van der Waals surface area contributed by atoms with Gasteiger partial charge < -0.3 is 24.6 Å². The maximum absolute atomic E-state index is 12.3. The normalized spacial score (nSPS) is 10.5. The van der Waals surface area contributed by atoms with Gasteiger partial charge in [-0.15, -0.1) is 12.4 Å². The number of aromatic nitrogens is 2. The van der Waals surface area contributed by atoms with Crippen LogP contribution in [0.2, 0.25) is 0 Å². The Bertz CT molecular complexity index is 1290. The Labute approximate surface area is 215 Å². The monoisotopic (exact) mass is 509 g/mol. The fraction of sp³-hybridized carbons (Fsp3) is 0.222. The van der Waals surface area contributed by atoms with Crippen LogP contribution >= 0.6 is 12.4 Å². The zero-order chi connectivity index (χ0) is 24.6. The molecule has 2 heterocycles. The molecule has 3 N–H and O–H groups in total. The molecular weight excluding hydrogens is 482 g/mol. The summed E-state index contributed by atoms with van der Waals surface area (Å²) in [6.45, 7) is 2.54. The summed E-state index contributed by atoms with van der Waals surface area (Å²) in [5, 5.41) is 11.9. The molecule has 0 atom stereocenters. The molecule has 188 valence electrons. The summed E-state index contributed by atoms with van der Waals surface area (Å²) in [5.74, 6) is 0.869. The van der Waals surface area contributed by atoms with E-state index in [1.54, 1.807) is 18.3 Å². The highest BCUT2D eigenvalue weighted by Gasteiger charge is 2.13. The molecule has 2 aromatic carbocycles. The molecule has 8 nitrogen and oxygen atoms in total. The number of oxazole rings is 1. The first-order valence-electron chi connectivity index (χ1n) is 11.4. The first-order valence-corrected chi connectivity index (χ1v) is 11.4. The number of carbonyl (C=O) groups is 2. The number of hydrogen-bond donors (Lipinski definition) is 3. The Balaban J connectivity index is 0.00000361. The third-order valence-electron chi connectivity index (χ3n) is 5.59. The molecule has 4 rings (SSSR count). The number of ether oxygens (including phenoxy) is 1. The van der Waals surface area contributed by atoms with E-state index in [0.717, 1.165) is 28.1 Å². The van der Waals surface area contributed by atoms with Crippen LogP contribution in [0.4, 0.5) is 0 Å². The molecule has 0 aliphatic carbocycles. The van der Waals surface area contributed by atoms with Crippen LogP contribution in [0.3, 0.4) is 0 Å². The van der Waals surface area contributed by atoms with Gasteiger partial charge in [-0.3, -0.25) is 9.59 Å². The quantitative estimate of drug-likeness (QED) is 0.263. The van der Waals surface area contributed by atoms with Crippen molar-refractivity contribution in [2.75, 3.05) is 6.61 Å². The smallest absolute Gasteiger partial charge is 0.303 e. The maximum Gasteiger partial charge on any atom is 0.303 e. The fourth-order valence-electron chi connectivity index (χ4n) is 3.71. The lowest BCUT2D eigenvalue weighted by Crippen LogP contribution is -2.23. The number of aliphatic carboxylic acids is 1. The highest BCUT2D eigenvalue weighted by Crippen LogP contribution is 2.23. The molecular formula is C27H28ClN3O5. The van der Waals surface area contributed by atoms with E-state index < -0.39 is 5.97 Å². The van der Waals surface area contributed by atoms with E-state index in [0.29, 0.717) is 36.8 Å². The van der Waals surface area contributed by atoms with E-state index in [-0.39, 0.29) is 31.3 Å². The van der Waals surface area contributed by atoms with Crippen molar-refractivity contribution >= 4 is 24.3 Å². The van der Waals surface area contributed by atoms with Crippen molar-refractivity contribution in [2.24, 2.45) is 0 Å². The van der Waals surface area contributed by atoms with Crippen molar-refractivity contribution in [1.29, 1.82) is 0 Å². The van der Waals surface area contributed by atoms with E-state index in [4.69, 9.17) is 14.3 Å². The number of aryl methyl sites for hydroxylation is 2. The van der Waals surface area contributed by atoms with Crippen molar-refractivity contribution in [3.63, 3.8) is 0 Å². The first kappa shape index (κ1) is 26.6. The number of nitrogens with zero attached hydrogens (tertiary/aromatic N) is 1. The molecule has 0 unspecified atom stereocenters. The van der Waals surface area contributed by atoms with Gasteiger partial charge in [0.1, 0.15) is 17.2 Å². The molecule has 0 fully saturated rings. The number of aromatic amines is 1. The van der Waals surface area contributed by atoms with Gasteiger partial charge in [0.05, 0.1) is 12.3 Å². The Morgan fingerprint density at radius 1 is 1.06 bits per heavy atom. The second kappa shape index (κ2) is 12.6. The molecule has 0 aliphatic rings. The van der Waals surface area contributed by atoms with Crippen LogP contribution in [-0.2, 0) is 24.2 Å². The van der Waals surface area contributed by atoms with Gasteiger partial charge in [-0.2, -0.15) is 0 Å². The van der Waals surface area contributed by atoms with Crippen molar-refractivity contribution in [2.45, 2.75) is 32.7 Å². The summed E-state index contributed by atoms with van der Waals surface area (Å²) in [5.41, 5.74) is 3.88. The lowest BCUT2D eigenvalue weighted by Gasteiger charge is -2.13. The number of carbonyl (C=O) groups excluding carboxylic acids is 1. The predicted molar refractivity (Wildman–Crippen MR) is 137 cm³/mol. The van der Waals surface area contributed by atoms with Crippen LogP contribution in [-0.4, -0.2) is 33.6 Å². The van der Waals surface area contributed by atoms with Crippen LogP contribution in [0.15, 0.2) is 71.3 Å². The predicted octanol–water partition coefficient (Wildman–Crippen LogP) is 4.97. The number of hydrogen-bond acceptors (Lipinski definition) is 5. The number of benzene rings is 2. The molecule has 0 spiro atoms. The van der Waals surface area contributed by atoms with Gasteiger partial charge in [-0.25, -0.2) is 4.98 Å². The minimum atomic E-state index is -0.871. The Morgan fingerprint density at radius 2 is 1.86 bits per heavy atom. The minimum absolute atomic E-state index is 0. The van der Waals surface area contributed by atoms with E-state index >= 15 is 0 Å². The molecule has 0 saturated carbocycles. The van der Waals surface area contributed by atoms with Crippen LogP contribution < -0.4 is 10.1 Å². The zero-order valence-corrected chi connectivity index (χ0v) is 20.6. The number of H-pyrrole nitrogens is 1. The van der Waals surface area contributed by atoms with Crippen LogP contribution in [0, 0.1) is 6.92 Å². The molecule has 0 aliphatic heterocycles. The lowest BCUT2D eigenvalue weighted by atomic mass is 10.0. The molecule has 2 aromatic heterocycles. The van der Waals surface area contributed by atoms with E-state index in [2.05, 4.69) is 15.3 Å². The number of halogens is 1. The van der Waals surface area contributed by atoms with Gasteiger partial charge in [0.2, 0.25) is 5.89 Å². The molecule has 0 saturated heterocycles. The number of carboxylic acid groups (broad SMARTS) is 1. The fourth-order valence-corrected chi connectivity index (χ4v) is 3.71. The topological polar surface area (TPSA) is 117 Å². The molecule has 0 bridgehead atoms. The second-order valence-electron chi connectivity index (χ2n) is 8.08.